The Balaban J connectivity index is 1.75. The molecule has 0 saturated heterocycles. The smallest absolute Gasteiger partial charge is 0.226 e. The zero-order valence-electron chi connectivity index (χ0n) is 12.4. The summed E-state index contributed by atoms with van der Waals surface area (Å²) in [5.74, 6) is 1.98. The first kappa shape index (κ1) is 14.1. The second kappa shape index (κ2) is 5.28. The highest BCUT2D eigenvalue weighted by molar-refractivity contribution is 6.33. The molecule has 4 rings (SSSR count). The number of anilines is 1. The van der Waals surface area contributed by atoms with Gasteiger partial charge in [0, 0.05) is 24.6 Å². The van der Waals surface area contributed by atoms with Gasteiger partial charge in [-0.1, -0.05) is 23.7 Å². The van der Waals surface area contributed by atoms with Crippen LogP contribution in [0, 0.1) is 0 Å². The minimum Gasteiger partial charge on any atom is -0.460 e. The van der Waals surface area contributed by atoms with E-state index >= 15 is 0 Å². The molecule has 2 aromatic heterocycles. The molecule has 0 spiro atoms. The van der Waals surface area contributed by atoms with Gasteiger partial charge >= 0.3 is 0 Å². The lowest BCUT2D eigenvalue weighted by Crippen LogP contribution is -2.24. The summed E-state index contributed by atoms with van der Waals surface area (Å²) in [6, 6.07) is 11.3. The predicted molar refractivity (Wildman–Crippen MR) is 87.5 cm³/mol. The number of furan rings is 1. The Bertz CT molecular complexity index is 897. The van der Waals surface area contributed by atoms with Crippen LogP contribution in [0.1, 0.15) is 23.7 Å². The van der Waals surface area contributed by atoms with Gasteiger partial charge in [0.25, 0.3) is 0 Å². The third kappa shape index (κ3) is 2.33. The summed E-state index contributed by atoms with van der Waals surface area (Å²) in [4.78, 5) is 12.0. The van der Waals surface area contributed by atoms with Gasteiger partial charge in [0.2, 0.25) is 5.91 Å². The van der Waals surface area contributed by atoms with E-state index < -0.39 is 0 Å². The standard InChI is InChI=1S/C17H14ClN3O2/c1-21-17-12(9-19-21)11(8-16(22)20-17)15-7-6-14(23-15)10-4-2-3-5-13(10)18/h2-7,9,11H,8H2,1H3,(H,20,22)/t11-/m1/s1. The SMILES string of the molecule is Cn1ncc2c1NC(=O)C[C@H]2c1ccc(-c2ccccc2Cl)o1. The number of aryl methyl sites for hydroxylation is 1. The highest BCUT2D eigenvalue weighted by Gasteiger charge is 2.31. The van der Waals surface area contributed by atoms with Crippen molar-refractivity contribution in [3.8, 4) is 11.3 Å². The maximum absolute atomic E-state index is 12.0. The summed E-state index contributed by atoms with van der Waals surface area (Å²) in [6.45, 7) is 0. The second-order valence-electron chi connectivity index (χ2n) is 5.56. The van der Waals surface area contributed by atoms with Crippen molar-refractivity contribution in [2.45, 2.75) is 12.3 Å². The zero-order valence-corrected chi connectivity index (χ0v) is 13.2. The lowest BCUT2D eigenvalue weighted by atomic mass is 9.92. The van der Waals surface area contributed by atoms with Crippen LogP contribution in [-0.2, 0) is 11.8 Å². The van der Waals surface area contributed by atoms with Crippen molar-refractivity contribution < 1.29 is 9.21 Å². The van der Waals surface area contributed by atoms with E-state index in [2.05, 4.69) is 10.4 Å². The summed E-state index contributed by atoms with van der Waals surface area (Å²) in [5.41, 5.74) is 1.80. The molecule has 0 unspecified atom stereocenters. The lowest BCUT2D eigenvalue weighted by molar-refractivity contribution is -0.116. The molecular weight excluding hydrogens is 314 g/mol. The molecule has 116 valence electrons. The summed E-state index contributed by atoms with van der Waals surface area (Å²) >= 11 is 6.22. The third-order valence-electron chi connectivity index (χ3n) is 4.10. The largest absolute Gasteiger partial charge is 0.460 e. The Kier molecular flexibility index (Phi) is 3.23. The van der Waals surface area contributed by atoms with E-state index in [9.17, 15) is 4.79 Å². The fourth-order valence-corrected chi connectivity index (χ4v) is 3.17. The molecule has 1 N–H and O–H groups in total. The minimum atomic E-state index is -0.135. The molecule has 1 atom stereocenters. The molecule has 3 heterocycles. The number of fused-ring (bicyclic) bond motifs is 1. The van der Waals surface area contributed by atoms with Crippen LogP contribution >= 0.6 is 11.6 Å². The van der Waals surface area contributed by atoms with E-state index in [1.54, 1.807) is 17.9 Å². The van der Waals surface area contributed by atoms with Crippen LogP contribution in [0.5, 0.6) is 0 Å². The van der Waals surface area contributed by atoms with Gasteiger partial charge in [0.05, 0.1) is 17.1 Å². The van der Waals surface area contributed by atoms with Crippen LogP contribution in [-0.4, -0.2) is 15.7 Å². The number of halogens is 1. The van der Waals surface area contributed by atoms with E-state index in [4.69, 9.17) is 16.0 Å². The van der Waals surface area contributed by atoms with Crippen molar-refractivity contribution in [2.24, 2.45) is 7.05 Å². The third-order valence-corrected chi connectivity index (χ3v) is 4.43. The van der Waals surface area contributed by atoms with Gasteiger partial charge in [0.15, 0.2) is 0 Å². The van der Waals surface area contributed by atoms with Crippen LogP contribution in [0.15, 0.2) is 47.0 Å². The maximum atomic E-state index is 12.0. The first-order valence-electron chi connectivity index (χ1n) is 7.30. The van der Waals surface area contributed by atoms with Gasteiger partial charge in [-0.3, -0.25) is 9.48 Å². The van der Waals surface area contributed by atoms with Crippen LogP contribution in [0.25, 0.3) is 11.3 Å². The van der Waals surface area contributed by atoms with Crippen LogP contribution in [0.4, 0.5) is 5.82 Å². The topological polar surface area (TPSA) is 60.1 Å². The summed E-state index contributed by atoms with van der Waals surface area (Å²) in [6.07, 6.45) is 2.12. The average molecular weight is 328 g/mol. The fraction of sp³-hybridized carbons (Fsp3) is 0.176. The van der Waals surface area contributed by atoms with Crippen molar-refractivity contribution in [2.75, 3.05) is 5.32 Å². The number of benzene rings is 1. The number of hydrogen-bond acceptors (Lipinski definition) is 3. The molecule has 6 heteroatoms. The normalized spacial score (nSPS) is 17.0. The number of carbonyl (C=O) groups excluding carboxylic acids is 1. The van der Waals surface area contributed by atoms with E-state index in [1.165, 1.54) is 0 Å². The van der Waals surface area contributed by atoms with Gasteiger partial charge in [-0.15, -0.1) is 0 Å². The van der Waals surface area contributed by atoms with Gasteiger partial charge in [-0.2, -0.15) is 5.10 Å². The van der Waals surface area contributed by atoms with Gasteiger partial charge in [-0.25, -0.2) is 0 Å². The Morgan fingerprint density at radius 3 is 2.96 bits per heavy atom. The maximum Gasteiger partial charge on any atom is 0.226 e. The second-order valence-corrected chi connectivity index (χ2v) is 5.97. The van der Waals surface area contributed by atoms with Crippen molar-refractivity contribution in [1.29, 1.82) is 0 Å². The fourth-order valence-electron chi connectivity index (χ4n) is 2.94. The first-order valence-corrected chi connectivity index (χ1v) is 7.67. The van der Waals surface area contributed by atoms with Crippen LogP contribution in [0.2, 0.25) is 5.02 Å². The number of rotatable bonds is 2. The number of nitrogens with zero attached hydrogens (tertiary/aromatic N) is 2. The van der Waals surface area contributed by atoms with E-state index in [0.717, 1.165) is 22.7 Å². The van der Waals surface area contributed by atoms with Crippen molar-refractivity contribution in [1.82, 2.24) is 9.78 Å². The molecule has 1 amide bonds. The molecule has 1 aromatic carbocycles. The van der Waals surface area contributed by atoms with Crippen molar-refractivity contribution >= 4 is 23.3 Å². The van der Waals surface area contributed by atoms with Crippen molar-refractivity contribution in [3.63, 3.8) is 0 Å². The Labute approximate surface area is 137 Å². The molecule has 0 aliphatic carbocycles. The van der Waals surface area contributed by atoms with Crippen LogP contribution in [0.3, 0.4) is 0 Å². The number of hydrogen-bond donors (Lipinski definition) is 1. The zero-order chi connectivity index (χ0) is 16.0. The first-order chi connectivity index (χ1) is 11.1. The van der Waals surface area contributed by atoms with Gasteiger partial charge in [-0.05, 0) is 24.3 Å². The molecule has 3 aromatic rings. The van der Waals surface area contributed by atoms with Crippen LogP contribution < -0.4 is 5.32 Å². The molecule has 23 heavy (non-hydrogen) atoms. The average Bonchev–Trinajstić information content (AvgIpc) is 3.15. The molecule has 0 radical (unpaired) electrons. The molecular formula is C17H14ClN3O2. The Morgan fingerprint density at radius 2 is 2.13 bits per heavy atom. The van der Waals surface area contributed by atoms with Crippen molar-refractivity contribution in [3.05, 3.63) is 58.9 Å². The highest BCUT2D eigenvalue weighted by Crippen LogP contribution is 2.39. The Hall–Kier alpha value is -2.53. The highest BCUT2D eigenvalue weighted by atomic mass is 35.5. The Morgan fingerprint density at radius 1 is 1.30 bits per heavy atom. The number of amides is 1. The number of nitrogens with one attached hydrogen (secondary N) is 1. The molecule has 0 bridgehead atoms. The quantitative estimate of drug-likeness (QED) is 0.778. The van der Waals surface area contributed by atoms with Gasteiger partial charge < -0.3 is 9.73 Å². The number of carbonyl (C=O) groups is 1. The monoisotopic (exact) mass is 327 g/mol. The summed E-state index contributed by atoms with van der Waals surface area (Å²) in [5, 5.41) is 7.72. The molecule has 5 nitrogen and oxygen atoms in total. The molecule has 0 saturated carbocycles. The lowest BCUT2D eigenvalue weighted by Gasteiger charge is -2.21. The molecule has 0 fully saturated rings. The van der Waals surface area contributed by atoms with Gasteiger partial charge in [0.1, 0.15) is 17.3 Å². The van der Waals surface area contributed by atoms with E-state index in [0.29, 0.717) is 17.2 Å². The number of aromatic nitrogens is 2. The summed E-state index contributed by atoms with van der Waals surface area (Å²) in [7, 11) is 1.80. The molecule has 1 aliphatic rings. The minimum absolute atomic E-state index is 0.0400. The summed E-state index contributed by atoms with van der Waals surface area (Å²) < 4.78 is 7.67. The van der Waals surface area contributed by atoms with E-state index in [1.807, 2.05) is 36.4 Å². The molecule has 1 aliphatic heterocycles. The predicted octanol–water partition coefficient (Wildman–Crippen LogP) is 3.81. The van der Waals surface area contributed by atoms with E-state index in [-0.39, 0.29) is 11.8 Å².